The maximum absolute atomic E-state index is 3.55. The predicted octanol–water partition coefficient (Wildman–Crippen LogP) is 3.57. The molecule has 21 heavy (non-hydrogen) atoms. The number of hydrogen-bond acceptors (Lipinski definition) is 2. The molecule has 2 atom stereocenters. The number of hydrogen-bond donors (Lipinski definition) is 1. The molecule has 2 aliphatic rings. The van der Waals surface area contributed by atoms with Crippen molar-refractivity contribution in [1.82, 2.24) is 10.2 Å². The van der Waals surface area contributed by atoms with Gasteiger partial charge in [-0.25, -0.2) is 0 Å². The fourth-order valence-corrected chi connectivity index (χ4v) is 4.37. The quantitative estimate of drug-likeness (QED) is 0.914. The first-order valence-corrected chi connectivity index (χ1v) is 8.73. The maximum Gasteiger partial charge on any atom is 0.0105 e. The van der Waals surface area contributed by atoms with E-state index in [1.807, 2.05) is 0 Å². The van der Waals surface area contributed by atoms with Gasteiger partial charge in [0.05, 0.1) is 0 Å². The molecule has 3 rings (SSSR count). The van der Waals surface area contributed by atoms with E-state index in [9.17, 15) is 0 Å². The van der Waals surface area contributed by atoms with Crippen molar-refractivity contribution in [1.29, 1.82) is 0 Å². The molecule has 2 heterocycles. The van der Waals surface area contributed by atoms with E-state index in [1.165, 1.54) is 38.6 Å². The zero-order valence-electron chi connectivity index (χ0n) is 13.6. The number of piperidine rings is 2. The van der Waals surface area contributed by atoms with Crippen molar-refractivity contribution in [2.24, 2.45) is 0 Å². The summed E-state index contributed by atoms with van der Waals surface area (Å²) in [5.41, 5.74) is 1.91. The molecule has 2 saturated heterocycles. The molecule has 1 aromatic carbocycles. The van der Waals surface area contributed by atoms with Crippen LogP contribution in [0, 0.1) is 0 Å². The van der Waals surface area contributed by atoms with Gasteiger partial charge in [0.15, 0.2) is 0 Å². The minimum absolute atomic E-state index is 0.354. The van der Waals surface area contributed by atoms with E-state index in [4.69, 9.17) is 0 Å². The molecule has 2 fully saturated rings. The van der Waals surface area contributed by atoms with E-state index in [2.05, 4.69) is 54.4 Å². The van der Waals surface area contributed by atoms with Crippen LogP contribution in [-0.2, 0) is 5.41 Å². The second-order valence-electron chi connectivity index (χ2n) is 7.20. The molecule has 0 saturated carbocycles. The van der Waals surface area contributed by atoms with Crippen molar-refractivity contribution in [2.75, 3.05) is 19.6 Å². The Hall–Kier alpha value is -0.860. The maximum atomic E-state index is 3.55. The Morgan fingerprint density at radius 2 is 1.67 bits per heavy atom. The van der Waals surface area contributed by atoms with Gasteiger partial charge in [-0.1, -0.05) is 36.8 Å². The number of likely N-dealkylation sites (tertiary alicyclic amines) is 1. The van der Waals surface area contributed by atoms with Crippen LogP contribution in [0.3, 0.4) is 0 Å². The Morgan fingerprint density at radius 1 is 1.05 bits per heavy atom. The number of nitrogens with one attached hydrogen (secondary N) is 1. The summed E-state index contributed by atoms with van der Waals surface area (Å²) < 4.78 is 0. The summed E-state index contributed by atoms with van der Waals surface area (Å²) in [4.78, 5) is 2.79. The molecule has 1 aromatic rings. The van der Waals surface area contributed by atoms with Gasteiger partial charge in [-0.3, -0.25) is 4.90 Å². The van der Waals surface area contributed by atoms with Crippen molar-refractivity contribution in [3.8, 4) is 0 Å². The molecule has 0 bridgehead atoms. The highest BCUT2D eigenvalue weighted by Crippen LogP contribution is 2.37. The fraction of sp³-hybridized carbons (Fsp3) is 0.684. The summed E-state index contributed by atoms with van der Waals surface area (Å²) in [6.07, 6.45) is 6.68. The second kappa shape index (κ2) is 6.50. The van der Waals surface area contributed by atoms with E-state index < -0.39 is 0 Å². The lowest BCUT2D eigenvalue weighted by Gasteiger charge is -2.47. The highest BCUT2D eigenvalue weighted by molar-refractivity contribution is 5.27. The first-order valence-electron chi connectivity index (χ1n) is 8.73. The summed E-state index contributed by atoms with van der Waals surface area (Å²) in [5, 5.41) is 3.55. The largest absolute Gasteiger partial charge is 0.317 e. The minimum Gasteiger partial charge on any atom is -0.317 e. The summed E-state index contributed by atoms with van der Waals surface area (Å²) in [5.74, 6) is 0. The van der Waals surface area contributed by atoms with Gasteiger partial charge in [0.1, 0.15) is 0 Å². The van der Waals surface area contributed by atoms with Gasteiger partial charge in [0, 0.05) is 24.0 Å². The Morgan fingerprint density at radius 3 is 2.29 bits per heavy atom. The molecule has 0 amide bonds. The van der Waals surface area contributed by atoms with Crippen LogP contribution in [0.25, 0.3) is 0 Å². The second-order valence-corrected chi connectivity index (χ2v) is 7.20. The van der Waals surface area contributed by atoms with Crippen molar-refractivity contribution in [3.05, 3.63) is 35.9 Å². The Bertz CT molecular complexity index is 426. The molecule has 2 unspecified atom stereocenters. The normalized spacial score (nSPS) is 30.2. The Balaban J connectivity index is 1.86. The molecule has 0 aliphatic carbocycles. The predicted molar refractivity (Wildman–Crippen MR) is 89.7 cm³/mol. The van der Waals surface area contributed by atoms with Crippen LogP contribution in [0.5, 0.6) is 0 Å². The summed E-state index contributed by atoms with van der Waals surface area (Å²) in [7, 11) is 0. The van der Waals surface area contributed by atoms with Crippen LogP contribution < -0.4 is 5.32 Å². The van der Waals surface area contributed by atoms with Gasteiger partial charge in [-0.15, -0.1) is 0 Å². The topological polar surface area (TPSA) is 15.3 Å². The first kappa shape index (κ1) is 15.1. The van der Waals surface area contributed by atoms with Crippen LogP contribution in [0.4, 0.5) is 0 Å². The van der Waals surface area contributed by atoms with Gasteiger partial charge in [-0.2, -0.15) is 0 Å². The van der Waals surface area contributed by atoms with E-state index in [0.29, 0.717) is 5.41 Å². The SMILES string of the molecule is CC1CCCC(C)N1CC1(c2ccccc2)CCNCC1. The number of benzene rings is 1. The van der Waals surface area contributed by atoms with Crippen LogP contribution >= 0.6 is 0 Å². The van der Waals surface area contributed by atoms with E-state index >= 15 is 0 Å². The smallest absolute Gasteiger partial charge is 0.0105 e. The zero-order valence-corrected chi connectivity index (χ0v) is 13.6. The molecule has 0 spiro atoms. The Kier molecular flexibility index (Phi) is 4.66. The molecule has 2 heteroatoms. The van der Waals surface area contributed by atoms with Gasteiger partial charge in [0.25, 0.3) is 0 Å². The van der Waals surface area contributed by atoms with Crippen LogP contribution in [0.15, 0.2) is 30.3 Å². The van der Waals surface area contributed by atoms with E-state index in [-0.39, 0.29) is 0 Å². The summed E-state index contributed by atoms with van der Waals surface area (Å²) >= 11 is 0. The van der Waals surface area contributed by atoms with E-state index in [0.717, 1.165) is 25.2 Å². The average molecular weight is 286 g/mol. The van der Waals surface area contributed by atoms with Crippen LogP contribution in [0.1, 0.15) is 51.5 Å². The summed E-state index contributed by atoms with van der Waals surface area (Å²) in [6, 6.07) is 12.7. The average Bonchev–Trinajstić information content (AvgIpc) is 2.53. The third-order valence-corrected chi connectivity index (χ3v) is 5.81. The lowest BCUT2D eigenvalue weighted by molar-refractivity contribution is 0.0637. The Labute approximate surface area is 129 Å². The van der Waals surface area contributed by atoms with E-state index in [1.54, 1.807) is 5.56 Å². The molecule has 0 aromatic heterocycles. The molecule has 2 nitrogen and oxygen atoms in total. The van der Waals surface area contributed by atoms with Gasteiger partial charge in [-0.05, 0) is 58.2 Å². The molecule has 2 aliphatic heterocycles. The van der Waals surface area contributed by atoms with Crippen LogP contribution in [0.2, 0.25) is 0 Å². The molecule has 1 N–H and O–H groups in total. The first-order chi connectivity index (χ1) is 10.2. The minimum atomic E-state index is 0.354. The molecular weight excluding hydrogens is 256 g/mol. The monoisotopic (exact) mass is 286 g/mol. The van der Waals surface area contributed by atoms with Gasteiger partial charge >= 0.3 is 0 Å². The number of nitrogens with zero attached hydrogens (tertiary/aromatic N) is 1. The molecule has 0 radical (unpaired) electrons. The highest BCUT2D eigenvalue weighted by atomic mass is 15.2. The van der Waals surface area contributed by atoms with Gasteiger partial charge in [0.2, 0.25) is 0 Å². The van der Waals surface area contributed by atoms with Crippen molar-refractivity contribution >= 4 is 0 Å². The van der Waals surface area contributed by atoms with Crippen molar-refractivity contribution < 1.29 is 0 Å². The lowest BCUT2D eigenvalue weighted by atomic mass is 9.72. The fourth-order valence-electron chi connectivity index (χ4n) is 4.37. The van der Waals surface area contributed by atoms with Gasteiger partial charge < -0.3 is 5.32 Å². The highest BCUT2D eigenvalue weighted by Gasteiger charge is 2.38. The lowest BCUT2D eigenvalue weighted by Crippen LogP contribution is -2.53. The molecular formula is C19H30N2. The summed E-state index contributed by atoms with van der Waals surface area (Å²) in [6.45, 7) is 8.41. The zero-order chi connectivity index (χ0) is 14.7. The van der Waals surface area contributed by atoms with Crippen molar-refractivity contribution in [3.63, 3.8) is 0 Å². The van der Waals surface area contributed by atoms with Crippen LogP contribution in [-0.4, -0.2) is 36.6 Å². The third-order valence-electron chi connectivity index (χ3n) is 5.81. The molecule has 116 valence electrons. The third kappa shape index (κ3) is 3.17. The van der Waals surface area contributed by atoms with Crippen molar-refractivity contribution in [2.45, 2.75) is 63.5 Å². The standard InChI is InChI=1S/C19H30N2/c1-16-7-6-8-17(2)21(16)15-19(11-13-20-14-12-19)18-9-4-3-5-10-18/h3-5,9-10,16-17,20H,6-8,11-15H2,1-2H3. The number of rotatable bonds is 3.